The number of rotatable bonds is 4. The molecule has 1 aromatic carbocycles. The normalized spacial score (nSPS) is 10.8. The van der Waals surface area contributed by atoms with Crippen molar-refractivity contribution >= 4 is 22.8 Å². The molecule has 26 heavy (non-hydrogen) atoms. The number of furan rings is 1. The van der Waals surface area contributed by atoms with Crippen molar-refractivity contribution in [2.75, 3.05) is 7.11 Å². The fourth-order valence-corrected chi connectivity index (χ4v) is 2.96. The smallest absolute Gasteiger partial charge is 0.342 e. The molecule has 0 amide bonds. The summed E-state index contributed by atoms with van der Waals surface area (Å²) >= 11 is 0. The number of fused-ring (bicyclic) bond motifs is 1. The SMILES string of the molecule is COC(=O)c1c(COC(=O)c2cc(C)oc2C)nc2ccccc2c1C. The quantitative estimate of drug-likeness (QED) is 0.662. The van der Waals surface area contributed by atoms with Crippen molar-refractivity contribution in [2.45, 2.75) is 27.4 Å². The van der Waals surface area contributed by atoms with Crippen LogP contribution in [0, 0.1) is 20.8 Å². The monoisotopic (exact) mass is 353 g/mol. The molecule has 0 fully saturated rings. The van der Waals surface area contributed by atoms with Gasteiger partial charge in [0, 0.05) is 5.39 Å². The van der Waals surface area contributed by atoms with Crippen molar-refractivity contribution in [3.05, 3.63) is 64.2 Å². The molecule has 3 rings (SSSR count). The van der Waals surface area contributed by atoms with E-state index in [1.165, 1.54) is 7.11 Å². The van der Waals surface area contributed by atoms with Gasteiger partial charge in [0.25, 0.3) is 0 Å². The van der Waals surface area contributed by atoms with Crippen LogP contribution in [0.5, 0.6) is 0 Å². The van der Waals surface area contributed by atoms with Crippen LogP contribution in [0.25, 0.3) is 10.9 Å². The summed E-state index contributed by atoms with van der Waals surface area (Å²) in [6, 6.07) is 9.09. The molecule has 0 aliphatic carbocycles. The minimum Gasteiger partial charge on any atom is -0.466 e. The van der Waals surface area contributed by atoms with Crippen molar-refractivity contribution in [1.82, 2.24) is 4.98 Å². The average Bonchev–Trinajstić information content (AvgIpc) is 2.97. The first kappa shape index (κ1) is 17.7. The molecule has 0 radical (unpaired) electrons. The van der Waals surface area contributed by atoms with Gasteiger partial charge in [-0.1, -0.05) is 18.2 Å². The maximum absolute atomic E-state index is 12.3. The number of methoxy groups -OCH3 is 1. The summed E-state index contributed by atoms with van der Waals surface area (Å²) in [7, 11) is 1.31. The summed E-state index contributed by atoms with van der Waals surface area (Å²) in [5, 5.41) is 0.851. The third-order valence-corrected chi connectivity index (χ3v) is 4.22. The molecule has 2 aromatic heterocycles. The van der Waals surface area contributed by atoms with E-state index >= 15 is 0 Å². The summed E-state index contributed by atoms with van der Waals surface area (Å²) in [5.74, 6) is 0.0811. The molecule has 0 saturated carbocycles. The lowest BCUT2D eigenvalue weighted by Gasteiger charge is -2.13. The number of benzene rings is 1. The van der Waals surface area contributed by atoms with Gasteiger partial charge in [-0.15, -0.1) is 0 Å². The first-order valence-corrected chi connectivity index (χ1v) is 8.13. The van der Waals surface area contributed by atoms with Crippen LogP contribution in [0.3, 0.4) is 0 Å². The highest BCUT2D eigenvalue weighted by Gasteiger charge is 2.22. The number of carbonyl (C=O) groups excluding carboxylic acids is 2. The third kappa shape index (κ3) is 3.18. The molecule has 0 bridgehead atoms. The summed E-state index contributed by atoms with van der Waals surface area (Å²) in [6.45, 7) is 5.14. The summed E-state index contributed by atoms with van der Waals surface area (Å²) in [5.41, 5.74) is 2.50. The number of hydrogen-bond donors (Lipinski definition) is 0. The molecular weight excluding hydrogens is 334 g/mol. The zero-order valence-corrected chi connectivity index (χ0v) is 15.1. The molecule has 0 unspecified atom stereocenters. The van der Waals surface area contributed by atoms with Crippen LogP contribution in [0.1, 0.15) is 43.5 Å². The average molecular weight is 353 g/mol. The van der Waals surface area contributed by atoms with E-state index in [9.17, 15) is 9.59 Å². The van der Waals surface area contributed by atoms with Crippen molar-refractivity contribution in [1.29, 1.82) is 0 Å². The van der Waals surface area contributed by atoms with E-state index in [1.807, 2.05) is 31.2 Å². The maximum Gasteiger partial charge on any atom is 0.342 e. The molecule has 0 atom stereocenters. The zero-order valence-electron chi connectivity index (χ0n) is 15.1. The highest BCUT2D eigenvalue weighted by Crippen LogP contribution is 2.24. The van der Waals surface area contributed by atoms with Gasteiger partial charge in [-0.2, -0.15) is 0 Å². The van der Waals surface area contributed by atoms with Gasteiger partial charge in [0.15, 0.2) is 0 Å². The molecule has 0 aliphatic rings. The Hall–Kier alpha value is -3.15. The second-order valence-corrected chi connectivity index (χ2v) is 5.97. The lowest BCUT2D eigenvalue weighted by Crippen LogP contribution is -2.14. The van der Waals surface area contributed by atoms with Gasteiger partial charge in [0.05, 0.1) is 23.9 Å². The Morgan fingerprint density at radius 2 is 1.85 bits per heavy atom. The molecule has 3 aromatic rings. The first-order chi connectivity index (χ1) is 12.4. The van der Waals surface area contributed by atoms with Crippen LogP contribution in [0.4, 0.5) is 0 Å². The van der Waals surface area contributed by atoms with Gasteiger partial charge >= 0.3 is 11.9 Å². The van der Waals surface area contributed by atoms with E-state index in [1.54, 1.807) is 19.9 Å². The molecule has 6 heteroatoms. The summed E-state index contributed by atoms with van der Waals surface area (Å²) in [6.07, 6.45) is 0. The Morgan fingerprint density at radius 1 is 1.12 bits per heavy atom. The van der Waals surface area contributed by atoms with Crippen LogP contribution >= 0.6 is 0 Å². The van der Waals surface area contributed by atoms with Crippen molar-refractivity contribution < 1.29 is 23.5 Å². The van der Waals surface area contributed by atoms with Crippen molar-refractivity contribution in [3.8, 4) is 0 Å². The number of pyridine rings is 1. The van der Waals surface area contributed by atoms with Gasteiger partial charge in [-0.25, -0.2) is 14.6 Å². The zero-order chi connectivity index (χ0) is 18.8. The topological polar surface area (TPSA) is 78.6 Å². The Bertz CT molecular complexity index is 1000. The van der Waals surface area contributed by atoms with E-state index in [-0.39, 0.29) is 6.61 Å². The van der Waals surface area contributed by atoms with Crippen LogP contribution in [0.2, 0.25) is 0 Å². The van der Waals surface area contributed by atoms with Crippen LogP contribution < -0.4 is 0 Å². The molecule has 0 N–H and O–H groups in total. The second-order valence-electron chi connectivity index (χ2n) is 5.97. The predicted molar refractivity (Wildman–Crippen MR) is 95.1 cm³/mol. The molecule has 0 saturated heterocycles. The number of para-hydroxylation sites is 1. The van der Waals surface area contributed by atoms with Crippen molar-refractivity contribution in [3.63, 3.8) is 0 Å². The number of ether oxygens (including phenoxy) is 2. The van der Waals surface area contributed by atoms with E-state index in [0.717, 1.165) is 16.5 Å². The molecule has 134 valence electrons. The summed E-state index contributed by atoms with van der Waals surface area (Å²) in [4.78, 5) is 29.1. The molecule has 0 spiro atoms. The maximum atomic E-state index is 12.3. The number of aromatic nitrogens is 1. The minimum atomic E-state index is -0.525. The van der Waals surface area contributed by atoms with Gasteiger partial charge in [0.1, 0.15) is 23.7 Å². The fourth-order valence-electron chi connectivity index (χ4n) is 2.96. The molecule has 2 heterocycles. The number of hydrogen-bond acceptors (Lipinski definition) is 6. The Balaban J connectivity index is 1.97. The number of aryl methyl sites for hydroxylation is 3. The van der Waals surface area contributed by atoms with Gasteiger partial charge in [0.2, 0.25) is 0 Å². The Morgan fingerprint density at radius 3 is 2.50 bits per heavy atom. The molecule has 6 nitrogen and oxygen atoms in total. The fraction of sp³-hybridized carbons (Fsp3) is 0.250. The molecular formula is C20H19NO5. The third-order valence-electron chi connectivity index (χ3n) is 4.22. The lowest BCUT2D eigenvalue weighted by atomic mass is 10.0. The van der Waals surface area contributed by atoms with E-state index in [0.29, 0.717) is 28.3 Å². The van der Waals surface area contributed by atoms with Gasteiger partial charge in [-0.3, -0.25) is 0 Å². The summed E-state index contributed by atoms with van der Waals surface area (Å²) < 4.78 is 15.6. The van der Waals surface area contributed by atoms with Crippen LogP contribution in [-0.4, -0.2) is 24.0 Å². The number of carbonyl (C=O) groups is 2. The number of esters is 2. The minimum absolute atomic E-state index is 0.140. The standard InChI is InChI=1S/C20H19NO5/c1-11-9-15(13(3)26-11)19(22)25-10-17-18(20(23)24-4)12(2)14-7-5-6-8-16(14)21-17/h5-9H,10H2,1-4H3. The van der Waals surface area contributed by atoms with E-state index in [2.05, 4.69) is 4.98 Å². The Labute approximate surface area is 150 Å². The second kappa shape index (κ2) is 7.00. The van der Waals surface area contributed by atoms with E-state index < -0.39 is 11.9 Å². The highest BCUT2D eigenvalue weighted by atomic mass is 16.5. The van der Waals surface area contributed by atoms with Crippen LogP contribution in [-0.2, 0) is 16.1 Å². The van der Waals surface area contributed by atoms with Crippen molar-refractivity contribution in [2.24, 2.45) is 0 Å². The molecule has 0 aliphatic heterocycles. The van der Waals surface area contributed by atoms with E-state index in [4.69, 9.17) is 13.9 Å². The van der Waals surface area contributed by atoms with Crippen LogP contribution in [0.15, 0.2) is 34.7 Å². The van der Waals surface area contributed by atoms with Gasteiger partial charge < -0.3 is 13.9 Å². The predicted octanol–water partition coefficient (Wildman–Crippen LogP) is 3.90. The first-order valence-electron chi connectivity index (χ1n) is 8.13. The number of nitrogens with zero attached hydrogens (tertiary/aromatic N) is 1. The largest absolute Gasteiger partial charge is 0.466 e. The highest BCUT2D eigenvalue weighted by molar-refractivity contribution is 5.98. The lowest BCUT2D eigenvalue weighted by molar-refractivity contribution is 0.0453. The Kier molecular flexibility index (Phi) is 4.75. The van der Waals surface area contributed by atoms with Gasteiger partial charge in [-0.05, 0) is 38.5 Å².